The van der Waals surface area contributed by atoms with Gasteiger partial charge in [-0.25, -0.2) is 33.4 Å². The van der Waals surface area contributed by atoms with Gasteiger partial charge in [0.1, 0.15) is 35.1 Å². The molecule has 5 aromatic heterocycles. The molecule has 6 rings (SSSR count). The van der Waals surface area contributed by atoms with Gasteiger partial charge in [0.05, 0.1) is 38.3 Å². The highest BCUT2D eigenvalue weighted by molar-refractivity contribution is 7.15. The van der Waals surface area contributed by atoms with Crippen LogP contribution in [0.25, 0.3) is 38.4 Å². The van der Waals surface area contributed by atoms with E-state index in [1.54, 1.807) is 10.7 Å². The van der Waals surface area contributed by atoms with Gasteiger partial charge in [-0.3, -0.25) is 9.20 Å². The second kappa shape index (κ2) is 8.77. The van der Waals surface area contributed by atoms with E-state index in [0.717, 1.165) is 26.2 Å². The zero-order chi connectivity index (χ0) is 26.7. The molecule has 12 heteroatoms. The number of hydrogen-bond donors (Lipinski definition) is 1. The second-order valence-corrected chi connectivity index (χ2v) is 10.0. The zero-order valence-electron chi connectivity index (χ0n) is 20.5. The SMILES string of the molecule is Cc1nc(C)c(-c2nn(C(C)c3nc4ccc(F)cn4c(=O)c3-c3cccc(F)c3)c3ncnc(N)c23)s1. The van der Waals surface area contributed by atoms with Gasteiger partial charge in [-0.15, -0.1) is 11.3 Å². The number of aryl methyl sites for hydroxylation is 2. The Hall–Kier alpha value is -4.58. The number of pyridine rings is 1. The summed E-state index contributed by atoms with van der Waals surface area (Å²) in [5.41, 5.74) is 8.53. The average Bonchev–Trinajstić information content (AvgIpc) is 3.43. The molecule has 0 aliphatic carbocycles. The fourth-order valence-electron chi connectivity index (χ4n) is 4.64. The summed E-state index contributed by atoms with van der Waals surface area (Å²) in [6.45, 7) is 5.60. The molecule has 0 aliphatic heterocycles. The minimum atomic E-state index is -0.657. The van der Waals surface area contributed by atoms with Crippen molar-refractivity contribution in [3.05, 3.63) is 87.3 Å². The number of fused-ring (bicyclic) bond motifs is 2. The van der Waals surface area contributed by atoms with E-state index in [1.165, 1.54) is 48.0 Å². The average molecular weight is 531 g/mol. The Morgan fingerprint density at radius 2 is 1.87 bits per heavy atom. The van der Waals surface area contributed by atoms with Crippen molar-refractivity contribution < 1.29 is 8.78 Å². The minimum Gasteiger partial charge on any atom is -0.383 e. The normalized spacial score (nSPS) is 12.4. The number of hydrogen-bond acceptors (Lipinski definition) is 8. The first-order valence-electron chi connectivity index (χ1n) is 11.6. The third-order valence-corrected chi connectivity index (χ3v) is 7.41. The molecule has 190 valence electrons. The molecule has 0 amide bonds. The Kier molecular flexibility index (Phi) is 5.49. The van der Waals surface area contributed by atoms with E-state index in [-0.39, 0.29) is 17.0 Å². The van der Waals surface area contributed by atoms with Crippen LogP contribution >= 0.6 is 11.3 Å². The molecule has 0 saturated carbocycles. The highest BCUT2D eigenvalue weighted by Gasteiger charge is 2.27. The molecule has 0 spiro atoms. The molecular weight excluding hydrogens is 510 g/mol. The maximum Gasteiger partial charge on any atom is 0.266 e. The highest BCUT2D eigenvalue weighted by atomic mass is 32.1. The quantitative estimate of drug-likeness (QED) is 0.351. The lowest BCUT2D eigenvalue weighted by molar-refractivity contribution is 0.566. The van der Waals surface area contributed by atoms with E-state index >= 15 is 0 Å². The van der Waals surface area contributed by atoms with Crippen molar-refractivity contribution in [1.82, 2.24) is 34.1 Å². The lowest BCUT2D eigenvalue weighted by atomic mass is 10.0. The Morgan fingerprint density at radius 3 is 2.61 bits per heavy atom. The summed E-state index contributed by atoms with van der Waals surface area (Å²) in [4.78, 5) is 32.4. The molecule has 0 radical (unpaired) electrons. The summed E-state index contributed by atoms with van der Waals surface area (Å²) in [5, 5.41) is 6.29. The summed E-state index contributed by atoms with van der Waals surface area (Å²) in [5.74, 6) is -0.869. The van der Waals surface area contributed by atoms with Gasteiger partial charge in [-0.05, 0) is 50.6 Å². The molecule has 5 heterocycles. The third kappa shape index (κ3) is 3.72. The molecule has 2 N–H and O–H groups in total. The predicted octanol–water partition coefficient (Wildman–Crippen LogP) is 4.71. The van der Waals surface area contributed by atoms with Crippen LogP contribution in [-0.2, 0) is 0 Å². The highest BCUT2D eigenvalue weighted by Crippen LogP contribution is 2.38. The number of nitrogens with two attached hydrogens (primary N) is 1. The summed E-state index contributed by atoms with van der Waals surface area (Å²) >= 11 is 1.47. The first kappa shape index (κ1) is 23.8. The molecule has 6 aromatic rings. The number of anilines is 1. The van der Waals surface area contributed by atoms with Gasteiger partial charge in [0.2, 0.25) is 0 Å². The van der Waals surface area contributed by atoms with E-state index in [9.17, 15) is 13.6 Å². The molecule has 9 nitrogen and oxygen atoms in total. The van der Waals surface area contributed by atoms with E-state index < -0.39 is 23.2 Å². The van der Waals surface area contributed by atoms with Gasteiger partial charge in [0, 0.05) is 6.20 Å². The fourth-order valence-corrected chi connectivity index (χ4v) is 5.55. The summed E-state index contributed by atoms with van der Waals surface area (Å²) in [7, 11) is 0. The zero-order valence-corrected chi connectivity index (χ0v) is 21.3. The Bertz CT molecular complexity index is 1940. The van der Waals surface area contributed by atoms with Gasteiger partial charge >= 0.3 is 0 Å². The first-order valence-corrected chi connectivity index (χ1v) is 12.5. The van der Waals surface area contributed by atoms with Gasteiger partial charge in [-0.1, -0.05) is 12.1 Å². The number of thiazole rings is 1. The predicted molar refractivity (Wildman–Crippen MR) is 141 cm³/mol. The minimum absolute atomic E-state index is 0.122. The molecule has 0 bridgehead atoms. The number of rotatable bonds is 4. The van der Waals surface area contributed by atoms with Crippen molar-refractivity contribution in [3.8, 4) is 21.7 Å². The lowest BCUT2D eigenvalue weighted by Gasteiger charge is -2.18. The van der Waals surface area contributed by atoms with Gasteiger partial charge in [-0.2, -0.15) is 5.10 Å². The Morgan fingerprint density at radius 1 is 1.05 bits per heavy atom. The van der Waals surface area contributed by atoms with Crippen LogP contribution in [0.2, 0.25) is 0 Å². The van der Waals surface area contributed by atoms with Crippen molar-refractivity contribution in [1.29, 1.82) is 0 Å². The van der Waals surface area contributed by atoms with E-state index in [0.29, 0.717) is 28.0 Å². The summed E-state index contributed by atoms with van der Waals surface area (Å²) in [6.07, 6.45) is 2.40. The van der Waals surface area contributed by atoms with Gasteiger partial charge < -0.3 is 5.73 Å². The van der Waals surface area contributed by atoms with Gasteiger partial charge in [0.15, 0.2) is 5.65 Å². The van der Waals surface area contributed by atoms with Crippen LogP contribution < -0.4 is 11.3 Å². The largest absolute Gasteiger partial charge is 0.383 e. The molecule has 0 saturated heterocycles. The summed E-state index contributed by atoms with van der Waals surface area (Å²) < 4.78 is 31.1. The Labute approximate surface area is 218 Å². The topological polar surface area (TPSA) is 117 Å². The smallest absolute Gasteiger partial charge is 0.266 e. The van der Waals surface area contributed by atoms with Gasteiger partial charge in [0.25, 0.3) is 5.56 Å². The van der Waals surface area contributed by atoms with Crippen molar-refractivity contribution in [2.75, 3.05) is 5.73 Å². The monoisotopic (exact) mass is 530 g/mol. The molecule has 0 fully saturated rings. The maximum absolute atomic E-state index is 14.3. The molecule has 1 unspecified atom stereocenters. The van der Waals surface area contributed by atoms with Crippen molar-refractivity contribution in [2.45, 2.75) is 26.8 Å². The summed E-state index contributed by atoms with van der Waals surface area (Å²) in [6, 6.07) is 7.63. The van der Waals surface area contributed by atoms with Crippen molar-refractivity contribution in [3.63, 3.8) is 0 Å². The number of aromatic nitrogens is 7. The van der Waals surface area contributed by atoms with Crippen molar-refractivity contribution >= 4 is 33.8 Å². The van der Waals surface area contributed by atoms with E-state index in [2.05, 4.69) is 15.0 Å². The van der Waals surface area contributed by atoms with Crippen LogP contribution in [-0.4, -0.2) is 34.1 Å². The second-order valence-electron chi connectivity index (χ2n) is 8.84. The molecule has 38 heavy (non-hydrogen) atoms. The standard InChI is InChI=1S/C26H20F2N8OS/c1-12-23(38-14(3)32-12)22-20-24(29)30-11-31-25(20)36(34-22)13(2)21-19(15-5-4-6-16(27)9-15)26(37)35-10-17(28)7-8-18(35)33-21/h4-11,13H,1-3H3,(H2,29,30,31). The Balaban J connectivity index is 1.66. The van der Waals surface area contributed by atoms with E-state index in [4.69, 9.17) is 15.8 Å². The maximum atomic E-state index is 14.3. The molecule has 1 aromatic carbocycles. The van der Waals surface area contributed by atoms with E-state index in [1.807, 2.05) is 20.8 Å². The number of nitrogen functional groups attached to an aromatic ring is 1. The van der Waals surface area contributed by atoms with Crippen LogP contribution in [0.5, 0.6) is 0 Å². The van der Waals surface area contributed by atoms with Crippen LogP contribution in [0.15, 0.2) is 53.7 Å². The number of halogens is 2. The van der Waals surface area contributed by atoms with Crippen LogP contribution in [0.1, 0.15) is 29.4 Å². The molecular formula is C26H20F2N8OS. The van der Waals surface area contributed by atoms with Crippen LogP contribution in [0.3, 0.4) is 0 Å². The molecule has 1 atom stereocenters. The van der Waals surface area contributed by atoms with Crippen LogP contribution in [0, 0.1) is 25.5 Å². The number of nitrogens with zero attached hydrogens (tertiary/aromatic N) is 7. The van der Waals surface area contributed by atoms with Crippen molar-refractivity contribution in [2.24, 2.45) is 0 Å². The third-order valence-electron chi connectivity index (χ3n) is 6.33. The lowest BCUT2D eigenvalue weighted by Crippen LogP contribution is -2.23. The first-order chi connectivity index (χ1) is 18.2. The molecule has 0 aliphatic rings. The number of benzene rings is 1. The fraction of sp³-hybridized carbons (Fsp3) is 0.154. The van der Waals surface area contributed by atoms with Crippen LogP contribution in [0.4, 0.5) is 14.6 Å².